The molecule has 2 aromatic carbocycles. The number of piperazine rings is 1. The minimum atomic E-state index is 0.0163. The van der Waals surface area contributed by atoms with Gasteiger partial charge in [0, 0.05) is 43.0 Å². The molecule has 0 saturated carbocycles. The van der Waals surface area contributed by atoms with Crippen LogP contribution in [0.3, 0.4) is 0 Å². The Morgan fingerprint density at radius 1 is 1.00 bits per heavy atom. The minimum absolute atomic E-state index is 0.0163. The van der Waals surface area contributed by atoms with Gasteiger partial charge in [-0.1, -0.05) is 23.7 Å². The standard InChI is InChI=1S/C23H27ClN2O3/c1-3-28-21-10-8-18(16-22(21)29-4-2)9-11-23(27)26-14-12-25(13-15-26)20-7-5-6-19(24)17-20/h5-11,16-17H,3-4,12-15H2,1-2H3/b11-9+. The van der Waals surface area contributed by atoms with Crippen molar-refractivity contribution in [1.29, 1.82) is 0 Å². The maximum Gasteiger partial charge on any atom is 0.246 e. The van der Waals surface area contributed by atoms with Crippen molar-refractivity contribution in [2.45, 2.75) is 13.8 Å². The Labute approximate surface area is 177 Å². The van der Waals surface area contributed by atoms with Gasteiger partial charge in [0.25, 0.3) is 0 Å². The lowest BCUT2D eigenvalue weighted by molar-refractivity contribution is -0.126. The number of rotatable bonds is 7. The van der Waals surface area contributed by atoms with E-state index in [1.165, 1.54) is 0 Å². The number of hydrogen-bond acceptors (Lipinski definition) is 4. The van der Waals surface area contributed by atoms with Crippen molar-refractivity contribution in [1.82, 2.24) is 4.90 Å². The number of carbonyl (C=O) groups excluding carboxylic acids is 1. The Kier molecular flexibility index (Phi) is 7.42. The van der Waals surface area contributed by atoms with Crippen LogP contribution < -0.4 is 14.4 Å². The second-order valence-electron chi connectivity index (χ2n) is 6.70. The van der Waals surface area contributed by atoms with Crippen LogP contribution in [0.15, 0.2) is 48.5 Å². The number of ether oxygens (including phenoxy) is 2. The van der Waals surface area contributed by atoms with E-state index in [2.05, 4.69) is 4.90 Å². The van der Waals surface area contributed by atoms with Crippen molar-refractivity contribution in [3.63, 3.8) is 0 Å². The summed E-state index contributed by atoms with van der Waals surface area (Å²) in [6, 6.07) is 13.5. The fourth-order valence-corrected chi connectivity index (χ4v) is 3.49. The monoisotopic (exact) mass is 414 g/mol. The van der Waals surface area contributed by atoms with Gasteiger partial charge in [-0.2, -0.15) is 0 Å². The Bertz CT molecular complexity index is 861. The third kappa shape index (κ3) is 5.67. The van der Waals surface area contributed by atoms with Crippen molar-refractivity contribution in [2.24, 2.45) is 0 Å². The van der Waals surface area contributed by atoms with E-state index in [9.17, 15) is 4.79 Å². The largest absolute Gasteiger partial charge is 0.490 e. The first-order valence-corrected chi connectivity index (χ1v) is 10.4. The molecule has 5 nitrogen and oxygen atoms in total. The highest BCUT2D eigenvalue weighted by molar-refractivity contribution is 6.30. The number of nitrogens with zero attached hydrogens (tertiary/aromatic N) is 2. The molecule has 0 unspecified atom stereocenters. The highest BCUT2D eigenvalue weighted by Crippen LogP contribution is 2.29. The molecule has 1 fully saturated rings. The molecule has 1 aliphatic rings. The molecule has 3 rings (SSSR count). The molecule has 1 aliphatic heterocycles. The van der Waals surface area contributed by atoms with Crippen molar-refractivity contribution in [3.05, 3.63) is 59.1 Å². The number of halogens is 1. The molecule has 0 atom stereocenters. The molecule has 29 heavy (non-hydrogen) atoms. The summed E-state index contributed by atoms with van der Waals surface area (Å²) in [4.78, 5) is 16.7. The van der Waals surface area contributed by atoms with Gasteiger partial charge in [-0.05, 0) is 55.8 Å². The van der Waals surface area contributed by atoms with E-state index in [1.54, 1.807) is 6.08 Å². The maximum atomic E-state index is 12.6. The van der Waals surface area contributed by atoms with E-state index in [1.807, 2.05) is 67.3 Å². The molecule has 0 bridgehead atoms. The van der Waals surface area contributed by atoms with E-state index in [4.69, 9.17) is 21.1 Å². The Morgan fingerprint density at radius 3 is 2.41 bits per heavy atom. The quantitative estimate of drug-likeness (QED) is 0.625. The number of hydrogen-bond donors (Lipinski definition) is 0. The minimum Gasteiger partial charge on any atom is -0.490 e. The van der Waals surface area contributed by atoms with Crippen LogP contribution in [-0.2, 0) is 4.79 Å². The predicted octanol–water partition coefficient (Wildman–Crippen LogP) is 4.50. The molecule has 0 N–H and O–H groups in total. The zero-order chi connectivity index (χ0) is 20.6. The van der Waals surface area contributed by atoms with Gasteiger partial charge in [0.15, 0.2) is 11.5 Å². The first kappa shape index (κ1) is 21.1. The van der Waals surface area contributed by atoms with Gasteiger partial charge in [-0.3, -0.25) is 4.79 Å². The maximum absolute atomic E-state index is 12.6. The molecule has 1 saturated heterocycles. The fraction of sp³-hybridized carbons (Fsp3) is 0.348. The summed E-state index contributed by atoms with van der Waals surface area (Å²) < 4.78 is 11.2. The Morgan fingerprint density at radius 2 is 1.72 bits per heavy atom. The summed E-state index contributed by atoms with van der Waals surface area (Å²) in [6.45, 7) is 7.96. The van der Waals surface area contributed by atoms with E-state index in [0.29, 0.717) is 32.1 Å². The van der Waals surface area contributed by atoms with Crippen molar-refractivity contribution in [3.8, 4) is 11.5 Å². The van der Waals surface area contributed by atoms with Gasteiger partial charge in [-0.15, -0.1) is 0 Å². The average Bonchev–Trinajstić information content (AvgIpc) is 2.74. The van der Waals surface area contributed by atoms with Gasteiger partial charge in [0.05, 0.1) is 13.2 Å². The van der Waals surface area contributed by atoms with Crippen LogP contribution in [0.2, 0.25) is 5.02 Å². The molecule has 0 radical (unpaired) electrons. The van der Waals surface area contributed by atoms with Crippen LogP contribution in [0.25, 0.3) is 6.08 Å². The summed E-state index contributed by atoms with van der Waals surface area (Å²) in [5.41, 5.74) is 2.00. The third-order valence-electron chi connectivity index (χ3n) is 4.75. The van der Waals surface area contributed by atoms with E-state index < -0.39 is 0 Å². The SMILES string of the molecule is CCOc1ccc(/C=C/C(=O)N2CCN(c3cccc(Cl)c3)CC2)cc1OCC. The van der Waals surface area contributed by atoms with Crippen LogP contribution in [0, 0.1) is 0 Å². The van der Waals surface area contributed by atoms with E-state index in [0.717, 1.165) is 35.1 Å². The highest BCUT2D eigenvalue weighted by atomic mass is 35.5. The molecule has 0 aromatic heterocycles. The first-order valence-electron chi connectivity index (χ1n) is 9.98. The molecule has 0 spiro atoms. The Balaban J connectivity index is 1.59. The summed E-state index contributed by atoms with van der Waals surface area (Å²) >= 11 is 6.08. The van der Waals surface area contributed by atoms with Gasteiger partial charge in [-0.25, -0.2) is 0 Å². The Hall–Kier alpha value is -2.66. The third-order valence-corrected chi connectivity index (χ3v) is 4.99. The van der Waals surface area contributed by atoms with Crippen LogP contribution >= 0.6 is 11.6 Å². The fourth-order valence-electron chi connectivity index (χ4n) is 3.30. The summed E-state index contributed by atoms with van der Waals surface area (Å²) in [5.74, 6) is 1.43. The normalized spacial score (nSPS) is 14.3. The highest BCUT2D eigenvalue weighted by Gasteiger charge is 2.20. The number of carbonyl (C=O) groups is 1. The van der Waals surface area contributed by atoms with Crippen LogP contribution in [0.4, 0.5) is 5.69 Å². The molecular formula is C23H27ClN2O3. The lowest BCUT2D eigenvalue weighted by Gasteiger charge is -2.35. The topological polar surface area (TPSA) is 42.0 Å². The second kappa shape index (κ2) is 10.2. The number of anilines is 1. The van der Waals surface area contributed by atoms with Crippen molar-refractivity contribution >= 4 is 29.3 Å². The number of amides is 1. The first-order chi connectivity index (χ1) is 14.1. The van der Waals surface area contributed by atoms with Gasteiger partial charge in [0.2, 0.25) is 5.91 Å². The molecular weight excluding hydrogens is 388 g/mol. The van der Waals surface area contributed by atoms with E-state index >= 15 is 0 Å². The van der Waals surface area contributed by atoms with Gasteiger partial charge >= 0.3 is 0 Å². The summed E-state index contributed by atoms with van der Waals surface area (Å²) in [6.07, 6.45) is 3.45. The average molecular weight is 415 g/mol. The van der Waals surface area contributed by atoms with Crippen LogP contribution in [0.1, 0.15) is 19.4 Å². The zero-order valence-corrected chi connectivity index (χ0v) is 17.7. The molecule has 0 aliphatic carbocycles. The zero-order valence-electron chi connectivity index (χ0n) is 16.9. The lowest BCUT2D eigenvalue weighted by atomic mass is 10.1. The summed E-state index contributed by atoms with van der Waals surface area (Å²) in [5, 5.41) is 0.728. The molecule has 1 amide bonds. The van der Waals surface area contributed by atoms with E-state index in [-0.39, 0.29) is 5.91 Å². The molecule has 154 valence electrons. The molecule has 6 heteroatoms. The van der Waals surface area contributed by atoms with Crippen LogP contribution in [0.5, 0.6) is 11.5 Å². The second-order valence-corrected chi connectivity index (χ2v) is 7.13. The smallest absolute Gasteiger partial charge is 0.246 e. The lowest BCUT2D eigenvalue weighted by Crippen LogP contribution is -2.48. The van der Waals surface area contributed by atoms with Gasteiger partial charge < -0.3 is 19.3 Å². The number of benzene rings is 2. The molecule has 1 heterocycles. The molecule has 2 aromatic rings. The van der Waals surface area contributed by atoms with Crippen LogP contribution in [-0.4, -0.2) is 50.2 Å². The summed E-state index contributed by atoms with van der Waals surface area (Å²) in [7, 11) is 0. The van der Waals surface area contributed by atoms with Crippen molar-refractivity contribution in [2.75, 3.05) is 44.3 Å². The predicted molar refractivity (Wildman–Crippen MR) is 118 cm³/mol. The van der Waals surface area contributed by atoms with Gasteiger partial charge in [0.1, 0.15) is 0 Å². The van der Waals surface area contributed by atoms with Crippen molar-refractivity contribution < 1.29 is 14.3 Å².